The highest BCUT2D eigenvalue weighted by Crippen LogP contribution is 2.24. The molecule has 1 aromatic carbocycles. The van der Waals surface area contributed by atoms with Crippen LogP contribution in [-0.2, 0) is 0 Å². The third-order valence-electron chi connectivity index (χ3n) is 4.22. The summed E-state index contributed by atoms with van der Waals surface area (Å²) in [5, 5.41) is 2.86. The van der Waals surface area contributed by atoms with Gasteiger partial charge in [0.05, 0.1) is 17.9 Å². The van der Waals surface area contributed by atoms with E-state index in [-0.39, 0.29) is 5.91 Å². The third kappa shape index (κ3) is 4.47. The van der Waals surface area contributed by atoms with Gasteiger partial charge in [-0.25, -0.2) is 9.97 Å². The summed E-state index contributed by atoms with van der Waals surface area (Å²) < 4.78 is 5.53. The molecular weight excluding hydrogens is 316 g/mol. The van der Waals surface area contributed by atoms with E-state index in [1.165, 1.54) is 25.7 Å². The van der Waals surface area contributed by atoms with Gasteiger partial charge in [0.1, 0.15) is 5.75 Å². The molecule has 132 valence electrons. The lowest BCUT2D eigenvalue weighted by molar-refractivity contribution is 0.102. The van der Waals surface area contributed by atoms with Crippen LogP contribution in [0.1, 0.15) is 43.0 Å². The smallest absolute Gasteiger partial charge is 0.258 e. The standard InChI is InChI=1S/C19H24N4O2/c1-2-25-17-10-6-5-9-16(17)22-18(24)15-13-20-19(21-14-15)23-11-7-3-4-8-12-23/h5-6,9-10,13-14H,2-4,7-8,11-12H2,1H3,(H,22,24). The topological polar surface area (TPSA) is 67.3 Å². The number of hydrogen-bond donors (Lipinski definition) is 1. The minimum absolute atomic E-state index is 0.241. The van der Waals surface area contributed by atoms with Crippen LogP contribution >= 0.6 is 0 Å². The third-order valence-corrected chi connectivity index (χ3v) is 4.22. The van der Waals surface area contributed by atoms with E-state index < -0.39 is 0 Å². The molecule has 0 atom stereocenters. The fourth-order valence-corrected chi connectivity index (χ4v) is 2.92. The zero-order valence-electron chi connectivity index (χ0n) is 14.6. The number of carbonyl (C=O) groups is 1. The normalized spacial score (nSPS) is 14.7. The highest BCUT2D eigenvalue weighted by Gasteiger charge is 2.14. The van der Waals surface area contributed by atoms with Crippen molar-refractivity contribution in [1.82, 2.24) is 9.97 Å². The Bertz CT molecular complexity index is 695. The first-order valence-corrected chi connectivity index (χ1v) is 8.88. The molecule has 1 aliphatic heterocycles. The van der Waals surface area contributed by atoms with E-state index in [0.29, 0.717) is 29.6 Å². The van der Waals surface area contributed by atoms with Crippen LogP contribution in [0.4, 0.5) is 11.6 Å². The molecule has 0 spiro atoms. The number of hydrogen-bond acceptors (Lipinski definition) is 5. The number of ether oxygens (including phenoxy) is 1. The fourth-order valence-electron chi connectivity index (χ4n) is 2.92. The molecule has 1 N–H and O–H groups in total. The second-order valence-electron chi connectivity index (χ2n) is 6.06. The predicted molar refractivity (Wildman–Crippen MR) is 98.3 cm³/mol. The van der Waals surface area contributed by atoms with Gasteiger partial charge in [0.15, 0.2) is 0 Å². The summed E-state index contributed by atoms with van der Waals surface area (Å²) in [6.07, 6.45) is 8.03. The highest BCUT2D eigenvalue weighted by molar-refractivity contribution is 6.04. The van der Waals surface area contributed by atoms with Gasteiger partial charge in [-0.15, -0.1) is 0 Å². The van der Waals surface area contributed by atoms with Crippen LogP contribution < -0.4 is 15.0 Å². The first kappa shape index (κ1) is 17.2. The second-order valence-corrected chi connectivity index (χ2v) is 6.06. The molecule has 0 unspecified atom stereocenters. The van der Waals surface area contributed by atoms with E-state index in [9.17, 15) is 4.79 Å². The number of nitrogens with zero attached hydrogens (tertiary/aromatic N) is 3. The van der Waals surface area contributed by atoms with Crippen molar-refractivity contribution in [2.45, 2.75) is 32.6 Å². The van der Waals surface area contributed by atoms with Gasteiger partial charge in [-0.2, -0.15) is 0 Å². The van der Waals surface area contributed by atoms with Crippen molar-refractivity contribution in [1.29, 1.82) is 0 Å². The molecule has 1 aromatic heterocycles. The molecule has 25 heavy (non-hydrogen) atoms. The minimum Gasteiger partial charge on any atom is -0.492 e. The molecule has 1 saturated heterocycles. The number of rotatable bonds is 5. The number of para-hydroxylation sites is 2. The number of amides is 1. The molecule has 2 aromatic rings. The zero-order valence-corrected chi connectivity index (χ0v) is 14.6. The molecule has 0 radical (unpaired) electrons. The highest BCUT2D eigenvalue weighted by atomic mass is 16.5. The first-order chi connectivity index (χ1) is 12.3. The van der Waals surface area contributed by atoms with Crippen LogP contribution in [0, 0.1) is 0 Å². The number of nitrogens with one attached hydrogen (secondary N) is 1. The lowest BCUT2D eigenvalue weighted by Gasteiger charge is -2.19. The van der Waals surface area contributed by atoms with Gasteiger partial charge in [-0.3, -0.25) is 4.79 Å². The quantitative estimate of drug-likeness (QED) is 0.902. The molecule has 3 rings (SSSR count). The Balaban J connectivity index is 1.68. The average molecular weight is 340 g/mol. The molecule has 6 nitrogen and oxygen atoms in total. The fraction of sp³-hybridized carbons (Fsp3) is 0.421. The lowest BCUT2D eigenvalue weighted by atomic mass is 10.2. The summed E-state index contributed by atoms with van der Waals surface area (Å²) in [5.74, 6) is 1.11. The van der Waals surface area contributed by atoms with Crippen LogP contribution in [0.15, 0.2) is 36.7 Å². The first-order valence-electron chi connectivity index (χ1n) is 8.88. The number of benzene rings is 1. The molecule has 0 bridgehead atoms. The largest absolute Gasteiger partial charge is 0.492 e. The van der Waals surface area contributed by atoms with Crippen molar-refractivity contribution in [3.05, 3.63) is 42.2 Å². The Hall–Kier alpha value is -2.63. The molecule has 1 aliphatic rings. The molecule has 0 saturated carbocycles. The van der Waals surface area contributed by atoms with Crippen LogP contribution in [0.3, 0.4) is 0 Å². The summed E-state index contributed by atoms with van der Waals surface area (Å²) >= 11 is 0. The summed E-state index contributed by atoms with van der Waals surface area (Å²) in [7, 11) is 0. The van der Waals surface area contributed by atoms with Crippen LogP contribution in [0.25, 0.3) is 0 Å². The average Bonchev–Trinajstić information content (AvgIpc) is 2.93. The molecule has 1 fully saturated rings. The Morgan fingerprint density at radius 1 is 1.12 bits per heavy atom. The van der Waals surface area contributed by atoms with Crippen molar-refractivity contribution in [3.8, 4) is 5.75 Å². The summed E-state index contributed by atoms with van der Waals surface area (Å²) in [4.78, 5) is 23.4. The van der Waals surface area contributed by atoms with E-state index in [4.69, 9.17) is 4.74 Å². The number of aromatic nitrogens is 2. The Morgan fingerprint density at radius 3 is 2.48 bits per heavy atom. The monoisotopic (exact) mass is 340 g/mol. The van der Waals surface area contributed by atoms with Crippen molar-refractivity contribution in [3.63, 3.8) is 0 Å². The summed E-state index contributed by atoms with van der Waals surface area (Å²) in [6, 6.07) is 7.38. The maximum Gasteiger partial charge on any atom is 0.258 e. The van der Waals surface area contributed by atoms with E-state index in [2.05, 4.69) is 20.2 Å². The molecule has 2 heterocycles. The van der Waals surface area contributed by atoms with E-state index in [1.54, 1.807) is 12.4 Å². The van der Waals surface area contributed by atoms with Crippen molar-refractivity contribution < 1.29 is 9.53 Å². The molecule has 1 amide bonds. The predicted octanol–water partition coefficient (Wildman–Crippen LogP) is 3.51. The maximum atomic E-state index is 12.5. The summed E-state index contributed by atoms with van der Waals surface area (Å²) in [6.45, 7) is 4.41. The zero-order chi connectivity index (χ0) is 17.5. The van der Waals surface area contributed by atoms with Crippen molar-refractivity contribution in [2.75, 3.05) is 29.9 Å². The molecule has 6 heteroatoms. The van der Waals surface area contributed by atoms with Crippen LogP contribution in [-0.4, -0.2) is 35.6 Å². The Kier molecular flexibility index (Phi) is 5.82. The SMILES string of the molecule is CCOc1ccccc1NC(=O)c1cnc(N2CCCCCC2)nc1. The second kappa shape index (κ2) is 8.46. The minimum atomic E-state index is -0.241. The van der Waals surface area contributed by atoms with Crippen molar-refractivity contribution in [2.24, 2.45) is 0 Å². The van der Waals surface area contributed by atoms with Crippen molar-refractivity contribution >= 4 is 17.5 Å². The maximum absolute atomic E-state index is 12.5. The van der Waals surface area contributed by atoms with Crippen LogP contribution in [0.2, 0.25) is 0 Å². The lowest BCUT2D eigenvalue weighted by Crippen LogP contribution is -2.26. The van der Waals surface area contributed by atoms with Crippen LogP contribution in [0.5, 0.6) is 5.75 Å². The van der Waals surface area contributed by atoms with E-state index in [0.717, 1.165) is 13.1 Å². The van der Waals surface area contributed by atoms with Gasteiger partial charge < -0.3 is 15.0 Å². The van der Waals surface area contributed by atoms with Gasteiger partial charge >= 0.3 is 0 Å². The van der Waals surface area contributed by atoms with Gasteiger partial charge in [-0.1, -0.05) is 25.0 Å². The Labute approximate surface area is 148 Å². The number of anilines is 2. The van der Waals surface area contributed by atoms with Gasteiger partial charge in [-0.05, 0) is 31.9 Å². The molecular formula is C19H24N4O2. The molecule has 0 aliphatic carbocycles. The Morgan fingerprint density at radius 2 is 1.80 bits per heavy atom. The van der Waals surface area contributed by atoms with Gasteiger partial charge in [0.2, 0.25) is 5.95 Å². The van der Waals surface area contributed by atoms with E-state index in [1.807, 2.05) is 31.2 Å². The number of carbonyl (C=O) groups excluding carboxylic acids is 1. The van der Waals surface area contributed by atoms with E-state index >= 15 is 0 Å². The van der Waals surface area contributed by atoms with Gasteiger partial charge in [0.25, 0.3) is 5.91 Å². The van der Waals surface area contributed by atoms with Gasteiger partial charge in [0, 0.05) is 25.5 Å². The summed E-state index contributed by atoms with van der Waals surface area (Å²) in [5.41, 5.74) is 1.08.